The Hall–Kier alpha value is -0.570. The molecule has 5 aliphatic carbocycles. The van der Waals surface area contributed by atoms with Gasteiger partial charge in [-0.2, -0.15) is 0 Å². The second kappa shape index (κ2) is 5.32. The second-order valence-electron chi connectivity index (χ2n) is 7.91. The molecule has 0 spiro atoms. The van der Waals surface area contributed by atoms with Crippen LogP contribution < -0.4 is 11.3 Å². The molecular formula is C17H29N3. The number of nitrogens with two attached hydrogens (primary N) is 1. The minimum Gasteiger partial charge on any atom is -0.312 e. The van der Waals surface area contributed by atoms with E-state index in [9.17, 15) is 0 Å². The minimum atomic E-state index is 0.548. The van der Waals surface area contributed by atoms with Crippen molar-refractivity contribution in [2.24, 2.45) is 40.4 Å². The van der Waals surface area contributed by atoms with E-state index in [1.54, 1.807) is 0 Å². The number of aliphatic imine (C=N–C) groups is 1. The van der Waals surface area contributed by atoms with Gasteiger partial charge >= 0.3 is 0 Å². The Kier molecular flexibility index (Phi) is 3.49. The molecule has 5 fully saturated rings. The fourth-order valence-corrected chi connectivity index (χ4v) is 6.00. The van der Waals surface area contributed by atoms with E-state index in [1.165, 1.54) is 70.0 Å². The Balaban J connectivity index is 1.53. The molecule has 5 rings (SSSR count). The van der Waals surface area contributed by atoms with Gasteiger partial charge in [-0.1, -0.05) is 19.3 Å². The van der Waals surface area contributed by atoms with Crippen molar-refractivity contribution < 1.29 is 0 Å². The molecular weight excluding hydrogens is 246 g/mol. The Morgan fingerprint density at radius 2 is 1.45 bits per heavy atom. The van der Waals surface area contributed by atoms with Crippen molar-refractivity contribution in [2.45, 2.75) is 70.3 Å². The molecule has 0 heterocycles. The van der Waals surface area contributed by atoms with Crippen LogP contribution in [0.1, 0.15) is 64.2 Å². The molecule has 3 nitrogen and oxygen atoms in total. The summed E-state index contributed by atoms with van der Waals surface area (Å²) in [7, 11) is 0. The lowest BCUT2D eigenvalue weighted by Crippen LogP contribution is -2.52. The summed E-state index contributed by atoms with van der Waals surface area (Å²) in [6, 6.07) is 0.548. The molecule has 20 heavy (non-hydrogen) atoms. The van der Waals surface area contributed by atoms with E-state index >= 15 is 0 Å². The lowest BCUT2D eigenvalue weighted by atomic mass is 9.51. The number of amidine groups is 1. The van der Waals surface area contributed by atoms with Gasteiger partial charge in [-0.15, -0.1) is 0 Å². The van der Waals surface area contributed by atoms with Gasteiger partial charge < -0.3 is 5.43 Å². The van der Waals surface area contributed by atoms with Crippen LogP contribution in [0.4, 0.5) is 0 Å². The maximum atomic E-state index is 5.89. The van der Waals surface area contributed by atoms with Gasteiger partial charge in [0.05, 0.1) is 6.04 Å². The van der Waals surface area contributed by atoms with Crippen LogP contribution in [-0.4, -0.2) is 11.9 Å². The third-order valence-electron chi connectivity index (χ3n) is 6.59. The van der Waals surface area contributed by atoms with Crippen molar-refractivity contribution in [3.8, 4) is 0 Å². The molecule has 0 saturated heterocycles. The van der Waals surface area contributed by atoms with E-state index in [-0.39, 0.29) is 0 Å². The van der Waals surface area contributed by atoms with Crippen LogP contribution in [0.5, 0.6) is 0 Å². The van der Waals surface area contributed by atoms with Crippen LogP contribution in [-0.2, 0) is 0 Å². The first kappa shape index (κ1) is 13.1. The van der Waals surface area contributed by atoms with E-state index in [0.717, 1.165) is 23.7 Å². The van der Waals surface area contributed by atoms with Crippen LogP contribution in [0.15, 0.2) is 4.99 Å². The van der Waals surface area contributed by atoms with E-state index < -0.39 is 0 Å². The average molecular weight is 275 g/mol. The molecule has 0 aliphatic heterocycles. The molecule has 3 N–H and O–H groups in total. The van der Waals surface area contributed by atoms with Gasteiger partial charge in [-0.05, 0) is 68.6 Å². The van der Waals surface area contributed by atoms with Crippen LogP contribution in [0.2, 0.25) is 0 Å². The highest BCUT2D eigenvalue weighted by Gasteiger charge is 2.49. The number of rotatable bonds is 2. The topological polar surface area (TPSA) is 50.4 Å². The Morgan fingerprint density at radius 1 is 0.850 bits per heavy atom. The average Bonchev–Trinajstić information content (AvgIpc) is 2.46. The van der Waals surface area contributed by atoms with Crippen LogP contribution in [0, 0.1) is 29.6 Å². The fraction of sp³-hybridized carbons (Fsp3) is 0.941. The van der Waals surface area contributed by atoms with Crippen molar-refractivity contribution in [3.63, 3.8) is 0 Å². The first-order chi connectivity index (χ1) is 9.83. The van der Waals surface area contributed by atoms with Crippen molar-refractivity contribution in [1.82, 2.24) is 5.43 Å². The van der Waals surface area contributed by atoms with E-state index in [2.05, 4.69) is 5.43 Å². The van der Waals surface area contributed by atoms with Crippen LogP contribution in [0.25, 0.3) is 0 Å². The molecule has 0 unspecified atom stereocenters. The van der Waals surface area contributed by atoms with Gasteiger partial charge in [0.1, 0.15) is 5.84 Å². The molecule has 0 radical (unpaired) electrons. The summed E-state index contributed by atoms with van der Waals surface area (Å²) >= 11 is 0. The SMILES string of the molecule is NNC(=NC1CCCCC1)C1C2CC3CC(C2)CC1C3. The molecule has 3 heteroatoms. The molecule has 0 amide bonds. The highest BCUT2D eigenvalue weighted by molar-refractivity contribution is 5.85. The van der Waals surface area contributed by atoms with Gasteiger partial charge in [0.25, 0.3) is 0 Å². The first-order valence-corrected chi connectivity index (χ1v) is 8.87. The molecule has 0 aromatic rings. The third kappa shape index (κ3) is 2.28. The molecule has 5 aliphatic rings. The van der Waals surface area contributed by atoms with E-state index in [4.69, 9.17) is 10.8 Å². The zero-order chi connectivity index (χ0) is 13.5. The highest BCUT2D eigenvalue weighted by atomic mass is 15.3. The predicted molar refractivity (Wildman–Crippen MR) is 82.2 cm³/mol. The summed E-state index contributed by atoms with van der Waals surface area (Å²) in [5.74, 6) is 11.5. The second-order valence-corrected chi connectivity index (χ2v) is 7.91. The van der Waals surface area contributed by atoms with Gasteiger partial charge in [-0.3, -0.25) is 4.99 Å². The maximum absolute atomic E-state index is 5.89. The first-order valence-electron chi connectivity index (χ1n) is 8.87. The Morgan fingerprint density at radius 3 is 2.00 bits per heavy atom. The van der Waals surface area contributed by atoms with Gasteiger partial charge in [0, 0.05) is 5.92 Å². The molecule has 0 aromatic heterocycles. The summed E-state index contributed by atoms with van der Waals surface area (Å²) in [4.78, 5) is 5.08. The lowest BCUT2D eigenvalue weighted by Gasteiger charge is -2.54. The quantitative estimate of drug-likeness (QED) is 0.352. The number of nitrogens with zero attached hydrogens (tertiary/aromatic N) is 1. The zero-order valence-electron chi connectivity index (χ0n) is 12.6. The van der Waals surface area contributed by atoms with Gasteiger partial charge in [0.2, 0.25) is 0 Å². The van der Waals surface area contributed by atoms with Crippen molar-refractivity contribution >= 4 is 5.84 Å². The zero-order valence-corrected chi connectivity index (χ0v) is 12.6. The summed E-state index contributed by atoms with van der Waals surface area (Å²) < 4.78 is 0. The van der Waals surface area contributed by atoms with E-state index in [0.29, 0.717) is 12.0 Å². The highest BCUT2D eigenvalue weighted by Crippen LogP contribution is 2.56. The predicted octanol–water partition coefficient (Wildman–Crippen LogP) is 3.25. The van der Waals surface area contributed by atoms with Crippen LogP contribution >= 0.6 is 0 Å². The normalized spacial score (nSPS) is 44.9. The minimum absolute atomic E-state index is 0.548. The number of hydrogen-bond acceptors (Lipinski definition) is 2. The summed E-state index contributed by atoms with van der Waals surface area (Å²) in [5.41, 5.74) is 3.03. The largest absolute Gasteiger partial charge is 0.312 e. The maximum Gasteiger partial charge on any atom is 0.114 e. The summed E-state index contributed by atoms with van der Waals surface area (Å²) in [5, 5.41) is 0. The standard InChI is InChI=1S/C17H29N3/c18-20-17(19-15-4-2-1-3-5-15)16-13-7-11-6-12(9-13)10-14(16)8-11/h11-16H,1-10,18H2,(H,19,20). The van der Waals surface area contributed by atoms with Crippen molar-refractivity contribution in [1.29, 1.82) is 0 Å². The molecule has 5 saturated carbocycles. The third-order valence-corrected chi connectivity index (χ3v) is 6.59. The molecule has 0 aromatic carbocycles. The van der Waals surface area contributed by atoms with Crippen LogP contribution in [0.3, 0.4) is 0 Å². The molecule has 0 atom stereocenters. The Bertz CT molecular complexity index is 356. The number of hydrogen-bond donors (Lipinski definition) is 2. The Labute approximate surface area is 122 Å². The summed E-state index contributed by atoms with van der Waals surface area (Å²) in [6.07, 6.45) is 14.0. The fourth-order valence-electron chi connectivity index (χ4n) is 6.00. The molecule has 112 valence electrons. The van der Waals surface area contributed by atoms with Gasteiger partial charge in [0.15, 0.2) is 0 Å². The lowest BCUT2D eigenvalue weighted by molar-refractivity contribution is -0.00965. The smallest absolute Gasteiger partial charge is 0.114 e. The monoisotopic (exact) mass is 275 g/mol. The number of hydrazine groups is 1. The van der Waals surface area contributed by atoms with Crippen molar-refractivity contribution in [3.05, 3.63) is 0 Å². The van der Waals surface area contributed by atoms with Crippen molar-refractivity contribution in [2.75, 3.05) is 0 Å². The summed E-state index contributed by atoms with van der Waals surface area (Å²) in [6.45, 7) is 0. The van der Waals surface area contributed by atoms with E-state index in [1.807, 2.05) is 0 Å². The van der Waals surface area contributed by atoms with Gasteiger partial charge in [-0.25, -0.2) is 5.84 Å². The number of nitrogens with one attached hydrogen (secondary N) is 1. The molecule has 4 bridgehead atoms.